The van der Waals surface area contributed by atoms with Gasteiger partial charge in [-0.2, -0.15) is 12.6 Å². The molecular formula is C60H118ClFN6O51S. The second-order valence-electron chi connectivity index (χ2n) is 27.3. The molecule has 10 fully saturated rings. The van der Waals surface area contributed by atoms with E-state index in [1.165, 1.54) is 13.8 Å². The van der Waals surface area contributed by atoms with Crippen LogP contribution in [0, 0.1) is 0 Å². The van der Waals surface area contributed by atoms with Gasteiger partial charge < -0.3 is 257 Å². The topological polar surface area (TPSA) is 1020 Å². The van der Waals surface area contributed by atoms with E-state index in [9.17, 15) is 25.5 Å². The van der Waals surface area contributed by atoms with Crippen molar-refractivity contribution in [1.82, 2.24) is 0 Å². The standard InChI is InChI=1S/C6H11ClO5.2C6H11N3O5.C6H12O6.C6H12O5S.5C6H12O5.FH/c7-1-2-3(8)4(9)5(10)6(11)12-2;7-9-8-3-2(1-10)14-6(13)5(12)4(3)11;7-9-8-1-2-3(10)4(11)5(12)6(13)14-2;7-1-2-3(8)4(9)5(10)6(11)12-2;7-3-2(1-12)11-6(10)5(9)4(3)8;7-2-4-6(10)3(8)1-5(9)11-4;7-2-5-3(8)1-4(9)6(10)11-5;7-2-3-1-4(8)5(9)6(10)11-3;2*1-2-3(7)4(8)5(9)6(10)11-2;/h2-6,8-11H,1H2;2*2-6,10-13H,1H2;2-11H,1H2;2-10,12H,1H2;3*3-10H,1-2H2;2*2-10H,1H3;1H/t3*2?,3-,4-,5?,6-;2*2?,3-,4+,5?,6-;3-,4?,5+,6+;3-,4?,5?,6-;3?,4-,5?,6-;2?,3-,4+,5?,6+;2?,3-,4+,5?,6-;/m0001110011./s1. The molecule has 0 spiro atoms. The zero-order chi connectivity index (χ0) is 91.8. The fourth-order valence-corrected chi connectivity index (χ4v) is 11.5. The minimum atomic E-state index is -1.59. The van der Waals surface area contributed by atoms with Gasteiger partial charge in [-0.3, -0.25) is 4.70 Å². The summed E-state index contributed by atoms with van der Waals surface area (Å²) in [7, 11) is 0. The van der Waals surface area contributed by atoms with Gasteiger partial charge in [-0.05, 0) is 24.9 Å². The molecule has 0 radical (unpaired) electrons. The van der Waals surface area contributed by atoms with Crippen LogP contribution in [-0.4, -0.2) is 549 Å². The smallest absolute Gasteiger partial charge is 0.184 e. The van der Waals surface area contributed by atoms with Crippen molar-refractivity contribution in [3.05, 3.63) is 20.9 Å². The summed E-state index contributed by atoms with van der Waals surface area (Å²) in [6, 6.07) is -1.11. The third-order valence-corrected chi connectivity index (χ3v) is 19.1. The highest BCUT2D eigenvalue weighted by atomic mass is 35.5. The first-order valence-electron chi connectivity index (χ1n) is 35.8. The van der Waals surface area contributed by atoms with E-state index in [-0.39, 0.29) is 55.4 Å². The number of hydrogen-bond acceptors (Lipinski definition) is 54. The molecule has 10 heterocycles. The first-order chi connectivity index (χ1) is 55.4. The molecule has 41 N–H and O–H groups in total. The summed E-state index contributed by atoms with van der Waals surface area (Å²) in [4.78, 5) is 4.89. The van der Waals surface area contributed by atoms with Crippen LogP contribution >= 0.6 is 24.2 Å². The molecule has 57 nitrogen and oxygen atoms in total. The van der Waals surface area contributed by atoms with Gasteiger partial charge in [-0.25, -0.2) is 0 Å². The summed E-state index contributed by atoms with van der Waals surface area (Å²) in [6.07, 6.45) is -56.7. The van der Waals surface area contributed by atoms with Crippen LogP contribution < -0.4 is 0 Å². The number of hydrogen-bond donors (Lipinski definition) is 42. The normalized spacial score (nSPS) is 47.1. The molecule has 10 rings (SSSR count). The molecule has 10 aliphatic rings. The van der Waals surface area contributed by atoms with Crippen molar-refractivity contribution >= 4 is 24.2 Å². The minimum Gasteiger partial charge on any atom is -0.394 e. The van der Waals surface area contributed by atoms with Crippen molar-refractivity contribution < 1.29 is 261 Å². The van der Waals surface area contributed by atoms with Gasteiger partial charge in [0.25, 0.3) is 0 Å². The van der Waals surface area contributed by atoms with Crippen LogP contribution in [0.1, 0.15) is 33.1 Å². The number of alkyl halides is 1. The predicted molar refractivity (Wildman–Crippen MR) is 380 cm³/mol. The third-order valence-electron chi connectivity index (χ3n) is 18.5. The van der Waals surface area contributed by atoms with Gasteiger partial charge in [0.15, 0.2) is 62.9 Å². The summed E-state index contributed by atoms with van der Waals surface area (Å²) < 4.78 is 46.9. The molecule has 60 heteroatoms. The molecular weight excluding hydrogens is 1710 g/mol. The molecule has 0 amide bonds. The predicted octanol–water partition coefficient (Wildman–Crippen LogP) is -22.1. The summed E-state index contributed by atoms with van der Waals surface area (Å²) in [5.41, 5.74) is 16.2. The number of aliphatic hydroxyl groups is 41. The Morgan fingerprint density at radius 1 is 0.292 bits per heavy atom. The van der Waals surface area contributed by atoms with Crippen molar-refractivity contribution in [2.75, 3.05) is 51.2 Å². The summed E-state index contributed by atoms with van der Waals surface area (Å²) >= 11 is 9.21. The van der Waals surface area contributed by atoms with E-state index in [1.54, 1.807) is 0 Å². The molecule has 0 aromatic rings. The summed E-state index contributed by atoms with van der Waals surface area (Å²) in [6.45, 7) is 0.706. The van der Waals surface area contributed by atoms with Crippen LogP contribution in [-0.2, 0) is 47.4 Å². The summed E-state index contributed by atoms with van der Waals surface area (Å²) in [5.74, 6) is 0.115. The van der Waals surface area contributed by atoms with Crippen molar-refractivity contribution in [1.29, 1.82) is 0 Å². The van der Waals surface area contributed by atoms with Crippen molar-refractivity contribution in [2.24, 2.45) is 10.2 Å². The molecule has 19 unspecified atom stereocenters. The maximum atomic E-state index is 9.37. The molecule has 0 saturated carbocycles. The van der Waals surface area contributed by atoms with Gasteiger partial charge in [0.1, 0.15) is 159 Å². The Morgan fingerprint density at radius 3 is 0.983 bits per heavy atom. The third kappa shape index (κ3) is 35.3. The molecule has 0 aromatic heterocycles. The van der Waals surface area contributed by atoms with Crippen LogP contribution in [0.4, 0.5) is 4.70 Å². The number of azide groups is 2. The van der Waals surface area contributed by atoms with E-state index < -0.39 is 309 Å². The molecule has 0 aliphatic carbocycles. The fourth-order valence-electron chi connectivity index (χ4n) is 10.9. The Balaban J connectivity index is 0.00000131. The van der Waals surface area contributed by atoms with Crippen LogP contribution in [0.2, 0.25) is 0 Å². The first-order valence-corrected chi connectivity index (χ1v) is 36.9. The molecule has 10 aliphatic heterocycles. The van der Waals surface area contributed by atoms with E-state index in [0.717, 1.165) is 0 Å². The minimum absolute atomic E-state index is 0. The Kier molecular flexibility index (Phi) is 56.5. The van der Waals surface area contributed by atoms with Gasteiger partial charge in [-0.1, -0.05) is 10.2 Å². The van der Waals surface area contributed by atoms with Crippen molar-refractivity contribution in [2.45, 2.75) is 322 Å². The monoisotopic (exact) mass is 1820 g/mol. The maximum Gasteiger partial charge on any atom is 0.184 e. The SMILES string of the molecule is CC1O[C@@H](O)C(O)[C@@H](O)[C@@H]1O.CC1O[C@H](O)C(O)[C@@H](O)[C@@H]1O.F.OC1[C@@H](O)[C@@H](O)C(CCl)O[C@@H]1O.OC1[C@H](O)OC(CS)[C@@H](O)[C@@H]1O.OCC1C[C@H](O)C(O)[C@@H](O)O1.OCC1O[C@@H](O)C(O)[C@@H](O)[C@@H]1O.OCC1O[C@H](O)C(O)C[C@@H]1O.OCC1O[C@H](O)C[C@@H](O)[C@@H]1O.[N-]=[N+]=NCC1O[C@H](O)C(O)[C@@H](O)[C@H]1O.[N-]=[N+]=N[C@H]1C(CO)O[C@H](O)C(O)[C@H]1O. The highest BCUT2D eigenvalue weighted by Gasteiger charge is 2.49. The lowest BCUT2D eigenvalue weighted by Gasteiger charge is -2.37. The molecule has 0 aromatic carbocycles. The Bertz CT molecular complexity index is 2600. The lowest BCUT2D eigenvalue weighted by Crippen LogP contribution is -2.58. The molecule has 714 valence electrons. The van der Waals surface area contributed by atoms with Gasteiger partial charge in [0, 0.05) is 34.8 Å². The molecule has 47 atom stereocenters. The second-order valence-corrected chi connectivity index (χ2v) is 27.9. The van der Waals surface area contributed by atoms with Crippen molar-refractivity contribution in [3.63, 3.8) is 0 Å². The lowest BCUT2D eigenvalue weighted by atomic mass is 9.97. The summed E-state index contributed by atoms with van der Waals surface area (Å²) in [5, 5.41) is 375. The van der Waals surface area contributed by atoms with Gasteiger partial charge in [-0.15, -0.1) is 11.6 Å². The van der Waals surface area contributed by atoms with Crippen LogP contribution in [0.25, 0.3) is 20.9 Å². The lowest BCUT2D eigenvalue weighted by molar-refractivity contribution is -0.286. The zero-order valence-corrected chi connectivity index (χ0v) is 64.9. The highest BCUT2D eigenvalue weighted by molar-refractivity contribution is 7.80. The quantitative estimate of drug-likeness (QED) is 0.0317. The van der Waals surface area contributed by atoms with E-state index in [2.05, 4.69) is 51.6 Å². The highest BCUT2D eigenvalue weighted by Crippen LogP contribution is 2.28. The molecule has 10 saturated heterocycles. The van der Waals surface area contributed by atoms with Gasteiger partial charge >= 0.3 is 0 Å². The van der Waals surface area contributed by atoms with E-state index >= 15 is 0 Å². The number of nitrogens with zero attached hydrogens (tertiary/aromatic N) is 6. The number of thiol groups is 1. The van der Waals surface area contributed by atoms with Crippen LogP contribution in [0.15, 0.2) is 10.2 Å². The largest absolute Gasteiger partial charge is 0.394 e. The number of halogens is 2. The second kappa shape index (κ2) is 57.9. The van der Waals surface area contributed by atoms with E-state index in [4.69, 9.17) is 235 Å². The van der Waals surface area contributed by atoms with E-state index in [0.29, 0.717) is 0 Å². The number of rotatable bonds is 10. The molecule has 0 bridgehead atoms. The van der Waals surface area contributed by atoms with E-state index in [1.807, 2.05) is 0 Å². The van der Waals surface area contributed by atoms with Crippen LogP contribution in [0.5, 0.6) is 0 Å². The van der Waals surface area contributed by atoms with Crippen molar-refractivity contribution in [3.8, 4) is 0 Å². The van der Waals surface area contributed by atoms with Gasteiger partial charge in [0.05, 0.1) is 113 Å². The molecule has 120 heavy (non-hydrogen) atoms. The Morgan fingerprint density at radius 2 is 0.608 bits per heavy atom. The zero-order valence-electron chi connectivity index (χ0n) is 63.2. The number of ether oxygens (including phenoxy) is 10. The van der Waals surface area contributed by atoms with Gasteiger partial charge in [0.2, 0.25) is 0 Å². The van der Waals surface area contributed by atoms with Crippen LogP contribution in [0.3, 0.4) is 0 Å². The average Bonchev–Trinajstić information content (AvgIpc) is 0.799. The Hall–Kier alpha value is -2.85. The number of aliphatic hydroxyl groups excluding tert-OH is 41. The fraction of sp³-hybridized carbons (Fsp3) is 1.00. The Labute approximate surface area is 687 Å². The first kappa shape index (κ1) is 117. The average molecular weight is 1830 g/mol. The maximum absolute atomic E-state index is 9.37.